The highest BCUT2D eigenvalue weighted by atomic mass is 15.1. The van der Waals surface area contributed by atoms with Crippen LogP contribution in [-0.2, 0) is 13.0 Å². The lowest BCUT2D eigenvalue weighted by molar-refractivity contribution is 0.341. The molecule has 2 aliphatic rings. The second-order valence-corrected chi connectivity index (χ2v) is 5.30. The van der Waals surface area contributed by atoms with Gasteiger partial charge in [0.05, 0.1) is 0 Å². The Kier molecular flexibility index (Phi) is 2.72. The molecule has 88 valence electrons. The predicted octanol–water partition coefficient (Wildman–Crippen LogP) is 1.93. The molecule has 0 spiro atoms. The van der Waals surface area contributed by atoms with E-state index < -0.39 is 0 Å². The molecular formula is C13H21N3. The number of hydrogen-bond donors (Lipinski definition) is 1. The van der Waals surface area contributed by atoms with Crippen LogP contribution in [0.1, 0.15) is 43.1 Å². The summed E-state index contributed by atoms with van der Waals surface area (Å²) in [5.74, 6) is 2.96. The number of rotatable bonds is 3. The molecule has 1 aliphatic heterocycles. The maximum absolute atomic E-state index is 4.66. The van der Waals surface area contributed by atoms with Crippen molar-refractivity contribution in [2.45, 2.75) is 44.6 Å². The summed E-state index contributed by atoms with van der Waals surface area (Å²) in [6.07, 6.45) is 8.75. The molecule has 0 bridgehead atoms. The van der Waals surface area contributed by atoms with Gasteiger partial charge in [0.2, 0.25) is 0 Å². The van der Waals surface area contributed by atoms with Crippen molar-refractivity contribution in [2.24, 2.45) is 5.92 Å². The van der Waals surface area contributed by atoms with Crippen molar-refractivity contribution in [3.05, 3.63) is 17.7 Å². The fourth-order valence-electron chi connectivity index (χ4n) is 3.01. The van der Waals surface area contributed by atoms with E-state index in [9.17, 15) is 0 Å². The van der Waals surface area contributed by atoms with Gasteiger partial charge in [0.25, 0.3) is 0 Å². The molecule has 0 amide bonds. The molecular weight excluding hydrogens is 198 g/mol. The van der Waals surface area contributed by atoms with Crippen LogP contribution in [0.5, 0.6) is 0 Å². The molecule has 3 heteroatoms. The van der Waals surface area contributed by atoms with E-state index in [1.807, 2.05) is 7.05 Å². The van der Waals surface area contributed by atoms with E-state index >= 15 is 0 Å². The Morgan fingerprint density at radius 3 is 3.00 bits per heavy atom. The molecule has 1 saturated carbocycles. The summed E-state index contributed by atoms with van der Waals surface area (Å²) in [5.41, 5.74) is 1.47. The molecule has 1 unspecified atom stereocenters. The Labute approximate surface area is 97.3 Å². The van der Waals surface area contributed by atoms with Crippen LogP contribution in [0.2, 0.25) is 0 Å². The molecule has 3 rings (SSSR count). The topological polar surface area (TPSA) is 29.9 Å². The number of hydrogen-bond acceptors (Lipinski definition) is 2. The normalized spacial score (nSPS) is 25.2. The summed E-state index contributed by atoms with van der Waals surface area (Å²) < 4.78 is 2.50. The fraction of sp³-hybridized carbons (Fsp3) is 0.769. The van der Waals surface area contributed by atoms with Crippen molar-refractivity contribution < 1.29 is 0 Å². The molecule has 3 nitrogen and oxygen atoms in total. The van der Waals surface area contributed by atoms with Crippen LogP contribution in [0.15, 0.2) is 6.20 Å². The number of aromatic nitrogens is 2. The summed E-state index contributed by atoms with van der Waals surface area (Å²) in [6.45, 7) is 2.33. The zero-order valence-electron chi connectivity index (χ0n) is 10.1. The number of imidazole rings is 1. The van der Waals surface area contributed by atoms with Crippen LogP contribution in [0, 0.1) is 5.92 Å². The van der Waals surface area contributed by atoms with E-state index in [-0.39, 0.29) is 0 Å². The van der Waals surface area contributed by atoms with Crippen molar-refractivity contribution in [3.8, 4) is 0 Å². The minimum absolute atomic E-state index is 0.773. The molecule has 1 aliphatic carbocycles. The summed E-state index contributed by atoms with van der Waals surface area (Å²) in [4.78, 5) is 4.66. The van der Waals surface area contributed by atoms with Gasteiger partial charge in [-0.1, -0.05) is 6.42 Å². The first kappa shape index (κ1) is 10.3. The molecule has 2 heterocycles. The molecule has 1 fully saturated rings. The summed E-state index contributed by atoms with van der Waals surface area (Å²) in [6, 6.07) is 0. The lowest BCUT2D eigenvalue weighted by Gasteiger charge is -2.29. The maximum atomic E-state index is 4.66. The molecule has 1 aromatic heterocycles. The van der Waals surface area contributed by atoms with Crippen LogP contribution >= 0.6 is 0 Å². The van der Waals surface area contributed by atoms with Crippen LogP contribution in [-0.4, -0.2) is 23.1 Å². The van der Waals surface area contributed by atoms with E-state index in [4.69, 9.17) is 0 Å². The highest BCUT2D eigenvalue weighted by Crippen LogP contribution is 2.37. The van der Waals surface area contributed by atoms with Gasteiger partial charge in [-0.05, 0) is 45.2 Å². The fourth-order valence-corrected chi connectivity index (χ4v) is 3.01. The highest BCUT2D eigenvalue weighted by molar-refractivity contribution is 5.14. The Balaban J connectivity index is 1.77. The molecule has 0 radical (unpaired) electrons. The predicted molar refractivity (Wildman–Crippen MR) is 64.6 cm³/mol. The van der Waals surface area contributed by atoms with Gasteiger partial charge < -0.3 is 9.88 Å². The van der Waals surface area contributed by atoms with Crippen LogP contribution in [0.4, 0.5) is 0 Å². The lowest BCUT2D eigenvalue weighted by atomic mass is 9.84. The number of nitrogens with one attached hydrogen (secondary N) is 1. The average molecular weight is 219 g/mol. The average Bonchev–Trinajstić information content (AvgIpc) is 2.60. The number of nitrogens with zero attached hydrogens (tertiary/aromatic N) is 2. The zero-order chi connectivity index (χ0) is 11.0. The van der Waals surface area contributed by atoms with E-state index in [1.54, 1.807) is 0 Å². The van der Waals surface area contributed by atoms with Gasteiger partial charge in [-0.2, -0.15) is 0 Å². The molecule has 1 aromatic rings. The van der Waals surface area contributed by atoms with E-state index in [1.165, 1.54) is 50.2 Å². The molecule has 1 N–H and O–H groups in total. The Morgan fingerprint density at radius 1 is 1.44 bits per heavy atom. The van der Waals surface area contributed by atoms with Gasteiger partial charge in [-0.25, -0.2) is 4.98 Å². The molecule has 0 aromatic carbocycles. The maximum Gasteiger partial charge on any atom is 0.111 e. The zero-order valence-corrected chi connectivity index (χ0v) is 10.1. The van der Waals surface area contributed by atoms with Gasteiger partial charge >= 0.3 is 0 Å². The van der Waals surface area contributed by atoms with E-state index in [0.29, 0.717) is 0 Å². The minimum atomic E-state index is 0.773. The van der Waals surface area contributed by atoms with Crippen LogP contribution in [0.25, 0.3) is 0 Å². The van der Waals surface area contributed by atoms with Gasteiger partial charge in [-0.3, -0.25) is 0 Å². The molecule has 1 atom stereocenters. The van der Waals surface area contributed by atoms with Gasteiger partial charge in [0, 0.05) is 24.4 Å². The first-order chi connectivity index (χ1) is 7.88. The van der Waals surface area contributed by atoms with Gasteiger partial charge in [0.15, 0.2) is 0 Å². The standard InChI is InChI=1S/C13H21N3/c1-14-8-10-5-6-16-12(7-10)9-15-13(16)11-3-2-4-11/h9-11,14H,2-8H2,1H3. The van der Waals surface area contributed by atoms with Crippen molar-refractivity contribution in [2.75, 3.05) is 13.6 Å². The van der Waals surface area contributed by atoms with Crippen molar-refractivity contribution in [3.63, 3.8) is 0 Å². The van der Waals surface area contributed by atoms with Crippen molar-refractivity contribution in [1.82, 2.24) is 14.9 Å². The quantitative estimate of drug-likeness (QED) is 0.842. The van der Waals surface area contributed by atoms with E-state index in [2.05, 4.69) is 21.1 Å². The third kappa shape index (κ3) is 1.67. The highest BCUT2D eigenvalue weighted by Gasteiger charge is 2.28. The Hall–Kier alpha value is -0.830. The summed E-state index contributed by atoms with van der Waals surface area (Å²) >= 11 is 0. The number of fused-ring (bicyclic) bond motifs is 1. The van der Waals surface area contributed by atoms with Crippen molar-refractivity contribution in [1.29, 1.82) is 0 Å². The SMILES string of the molecule is CNCC1CCn2c(cnc2C2CCC2)C1. The second-order valence-electron chi connectivity index (χ2n) is 5.30. The van der Waals surface area contributed by atoms with E-state index in [0.717, 1.165) is 18.4 Å². The third-order valence-electron chi connectivity index (χ3n) is 4.19. The summed E-state index contributed by atoms with van der Waals surface area (Å²) in [7, 11) is 2.05. The smallest absolute Gasteiger partial charge is 0.111 e. The Bertz CT molecular complexity index is 365. The summed E-state index contributed by atoms with van der Waals surface area (Å²) in [5, 5.41) is 3.29. The minimum Gasteiger partial charge on any atom is -0.332 e. The monoisotopic (exact) mass is 219 g/mol. The first-order valence-corrected chi connectivity index (χ1v) is 6.57. The molecule has 0 saturated heterocycles. The largest absolute Gasteiger partial charge is 0.332 e. The second kappa shape index (κ2) is 4.21. The van der Waals surface area contributed by atoms with Crippen LogP contribution in [0.3, 0.4) is 0 Å². The van der Waals surface area contributed by atoms with Crippen molar-refractivity contribution >= 4 is 0 Å². The molecule has 16 heavy (non-hydrogen) atoms. The van der Waals surface area contributed by atoms with Crippen LogP contribution < -0.4 is 5.32 Å². The lowest BCUT2D eigenvalue weighted by Crippen LogP contribution is -2.28. The third-order valence-corrected chi connectivity index (χ3v) is 4.19. The van der Waals surface area contributed by atoms with Gasteiger partial charge in [-0.15, -0.1) is 0 Å². The Morgan fingerprint density at radius 2 is 2.31 bits per heavy atom. The van der Waals surface area contributed by atoms with Gasteiger partial charge in [0.1, 0.15) is 5.82 Å². The first-order valence-electron chi connectivity index (χ1n) is 6.57.